The van der Waals surface area contributed by atoms with Crippen LogP contribution in [-0.4, -0.2) is 37.8 Å². The molecule has 2 heterocycles. The molecule has 1 unspecified atom stereocenters. The number of ether oxygens (including phenoxy) is 1. The molecule has 0 aliphatic carbocycles. The minimum atomic E-state index is 0.300. The summed E-state index contributed by atoms with van der Waals surface area (Å²) in [5, 5.41) is 3.06. The molecule has 0 amide bonds. The first-order valence-corrected chi connectivity index (χ1v) is 5.80. The third kappa shape index (κ3) is 2.64. The summed E-state index contributed by atoms with van der Waals surface area (Å²) in [6, 6.07) is 4.14. The number of anilines is 2. The van der Waals surface area contributed by atoms with Gasteiger partial charge in [0.2, 0.25) is 0 Å². The maximum absolute atomic E-state index is 5.64. The van der Waals surface area contributed by atoms with Crippen LogP contribution < -0.4 is 10.2 Å². The molecule has 1 aromatic heterocycles. The lowest BCUT2D eigenvalue weighted by atomic mass is 10.3. The quantitative estimate of drug-likeness (QED) is 0.825. The van der Waals surface area contributed by atoms with E-state index in [1.165, 1.54) is 5.69 Å². The van der Waals surface area contributed by atoms with Gasteiger partial charge in [0.25, 0.3) is 0 Å². The summed E-state index contributed by atoms with van der Waals surface area (Å²) in [6.45, 7) is 4.99. The highest BCUT2D eigenvalue weighted by molar-refractivity contribution is 5.53. The third-order valence-electron chi connectivity index (χ3n) is 2.82. The van der Waals surface area contributed by atoms with Gasteiger partial charge in [0.05, 0.1) is 6.10 Å². The minimum absolute atomic E-state index is 0.300. The SMILES string of the molecule is CNc1cc(N2CCCOC(C)C2)ccn1. The van der Waals surface area contributed by atoms with Crippen LogP contribution in [-0.2, 0) is 4.74 Å². The average Bonchev–Trinajstić information content (AvgIpc) is 2.54. The van der Waals surface area contributed by atoms with E-state index in [1.807, 2.05) is 13.2 Å². The fraction of sp³-hybridized carbons (Fsp3) is 0.583. The first-order chi connectivity index (χ1) is 7.79. The molecule has 1 aromatic rings. The Hall–Kier alpha value is -1.29. The molecule has 2 rings (SSSR count). The molecule has 4 nitrogen and oxygen atoms in total. The van der Waals surface area contributed by atoms with Gasteiger partial charge in [0, 0.05) is 44.7 Å². The number of nitrogens with one attached hydrogen (secondary N) is 1. The third-order valence-corrected chi connectivity index (χ3v) is 2.82. The molecule has 1 aliphatic rings. The summed E-state index contributed by atoms with van der Waals surface area (Å²) in [7, 11) is 1.89. The molecule has 0 radical (unpaired) electrons. The van der Waals surface area contributed by atoms with Crippen molar-refractivity contribution < 1.29 is 4.74 Å². The number of nitrogens with zero attached hydrogens (tertiary/aromatic N) is 2. The summed E-state index contributed by atoms with van der Waals surface area (Å²) < 4.78 is 5.64. The molecule has 1 fully saturated rings. The smallest absolute Gasteiger partial charge is 0.127 e. The second-order valence-corrected chi connectivity index (χ2v) is 4.13. The molecule has 4 heteroatoms. The van der Waals surface area contributed by atoms with Crippen molar-refractivity contribution in [3.8, 4) is 0 Å². The molecular weight excluding hydrogens is 202 g/mol. The summed E-state index contributed by atoms with van der Waals surface area (Å²) >= 11 is 0. The first-order valence-electron chi connectivity index (χ1n) is 5.80. The van der Waals surface area contributed by atoms with Crippen LogP contribution in [0.3, 0.4) is 0 Å². The van der Waals surface area contributed by atoms with Gasteiger partial charge >= 0.3 is 0 Å². The van der Waals surface area contributed by atoms with E-state index >= 15 is 0 Å². The Morgan fingerprint density at radius 2 is 2.44 bits per heavy atom. The van der Waals surface area contributed by atoms with Gasteiger partial charge in [-0.05, 0) is 19.4 Å². The van der Waals surface area contributed by atoms with Gasteiger partial charge in [-0.25, -0.2) is 4.98 Å². The van der Waals surface area contributed by atoms with Gasteiger partial charge < -0.3 is 15.0 Å². The van der Waals surface area contributed by atoms with Gasteiger partial charge in [-0.15, -0.1) is 0 Å². The summed E-state index contributed by atoms with van der Waals surface area (Å²) in [4.78, 5) is 6.59. The van der Waals surface area contributed by atoms with E-state index in [9.17, 15) is 0 Å². The summed E-state index contributed by atoms with van der Waals surface area (Å²) in [5.41, 5.74) is 1.22. The van der Waals surface area contributed by atoms with Crippen molar-refractivity contribution in [1.29, 1.82) is 0 Å². The van der Waals surface area contributed by atoms with E-state index in [0.29, 0.717) is 6.10 Å². The lowest BCUT2D eigenvalue weighted by Gasteiger charge is -2.24. The Morgan fingerprint density at radius 1 is 1.56 bits per heavy atom. The number of hydrogen-bond acceptors (Lipinski definition) is 4. The van der Waals surface area contributed by atoms with E-state index in [0.717, 1.165) is 31.9 Å². The fourth-order valence-corrected chi connectivity index (χ4v) is 1.98. The molecule has 0 aromatic carbocycles. The van der Waals surface area contributed by atoms with Crippen molar-refractivity contribution in [3.63, 3.8) is 0 Å². The summed E-state index contributed by atoms with van der Waals surface area (Å²) in [6.07, 6.45) is 3.23. The highest BCUT2D eigenvalue weighted by Crippen LogP contribution is 2.19. The Kier molecular flexibility index (Phi) is 3.62. The number of hydrogen-bond donors (Lipinski definition) is 1. The molecular formula is C12H19N3O. The van der Waals surface area contributed by atoms with Crippen molar-refractivity contribution in [2.24, 2.45) is 0 Å². The van der Waals surface area contributed by atoms with Gasteiger partial charge in [-0.3, -0.25) is 0 Å². The largest absolute Gasteiger partial charge is 0.377 e. The Bertz CT molecular complexity index is 343. The van der Waals surface area contributed by atoms with Crippen molar-refractivity contribution in [2.75, 3.05) is 37.0 Å². The predicted molar refractivity (Wildman–Crippen MR) is 66.0 cm³/mol. The van der Waals surface area contributed by atoms with E-state index in [-0.39, 0.29) is 0 Å². The Labute approximate surface area is 96.6 Å². The fourth-order valence-electron chi connectivity index (χ4n) is 1.98. The monoisotopic (exact) mass is 221 g/mol. The molecule has 0 bridgehead atoms. The second-order valence-electron chi connectivity index (χ2n) is 4.13. The maximum atomic E-state index is 5.64. The van der Waals surface area contributed by atoms with Crippen molar-refractivity contribution in [2.45, 2.75) is 19.4 Å². The predicted octanol–water partition coefficient (Wildman–Crippen LogP) is 1.74. The standard InChI is InChI=1S/C12H19N3O/c1-10-9-15(6-3-7-16-10)11-4-5-14-12(8-11)13-2/h4-5,8,10H,3,6-7,9H2,1-2H3,(H,13,14). The van der Waals surface area contributed by atoms with Crippen LogP contribution in [0.2, 0.25) is 0 Å². The van der Waals surface area contributed by atoms with Crippen LogP contribution in [0.4, 0.5) is 11.5 Å². The topological polar surface area (TPSA) is 37.4 Å². The molecule has 0 saturated carbocycles. The van der Waals surface area contributed by atoms with Crippen LogP contribution in [0.25, 0.3) is 0 Å². The van der Waals surface area contributed by atoms with Crippen molar-refractivity contribution in [3.05, 3.63) is 18.3 Å². The zero-order valence-corrected chi connectivity index (χ0v) is 9.94. The van der Waals surface area contributed by atoms with E-state index in [2.05, 4.69) is 34.3 Å². The first kappa shape index (κ1) is 11.2. The van der Waals surface area contributed by atoms with E-state index in [1.54, 1.807) is 0 Å². The van der Waals surface area contributed by atoms with Crippen LogP contribution >= 0.6 is 0 Å². The second kappa shape index (κ2) is 5.16. The molecule has 1 aliphatic heterocycles. The highest BCUT2D eigenvalue weighted by atomic mass is 16.5. The molecule has 1 N–H and O–H groups in total. The minimum Gasteiger partial charge on any atom is -0.377 e. The lowest BCUT2D eigenvalue weighted by Crippen LogP contribution is -2.30. The Balaban J connectivity index is 2.14. The molecule has 16 heavy (non-hydrogen) atoms. The molecule has 1 atom stereocenters. The summed E-state index contributed by atoms with van der Waals surface area (Å²) in [5.74, 6) is 0.912. The zero-order valence-electron chi connectivity index (χ0n) is 9.94. The molecule has 0 spiro atoms. The zero-order chi connectivity index (χ0) is 11.4. The molecule has 1 saturated heterocycles. The van der Waals surface area contributed by atoms with Gasteiger partial charge in [-0.1, -0.05) is 0 Å². The Morgan fingerprint density at radius 3 is 3.25 bits per heavy atom. The van der Waals surface area contributed by atoms with Crippen LogP contribution in [0, 0.1) is 0 Å². The van der Waals surface area contributed by atoms with Crippen LogP contribution in [0.15, 0.2) is 18.3 Å². The van der Waals surface area contributed by atoms with Gasteiger partial charge in [0.15, 0.2) is 0 Å². The number of pyridine rings is 1. The lowest BCUT2D eigenvalue weighted by molar-refractivity contribution is 0.0821. The average molecular weight is 221 g/mol. The van der Waals surface area contributed by atoms with E-state index in [4.69, 9.17) is 4.74 Å². The number of rotatable bonds is 2. The number of aromatic nitrogens is 1. The van der Waals surface area contributed by atoms with Crippen molar-refractivity contribution in [1.82, 2.24) is 4.98 Å². The highest BCUT2D eigenvalue weighted by Gasteiger charge is 2.15. The van der Waals surface area contributed by atoms with E-state index < -0.39 is 0 Å². The van der Waals surface area contributed by atoms with Gasteiger partial charge in [-0.2, -0.15) is 0 Å². The van der Waals surface area contributed by atoms with Crippen LogP contribution in [0.5, 0.6) is 0 Å². The normalized spacial score (nSPS) is 21.6. The maximum Gasteiger partial charge on any atom is 0.127 e. The van der Waals surface area contributed by atoms with Crippen molar-refractivity contribution >= 4 is 11.5 Å². The van der Waals surface area contributed by atoms with Crippen LogP contribution in [0.1, 0.15) is 13.3 Å². The molecule has 88 valence electrons. The van der Waals surface area contributed by atoms with Gasteiger partial charge in [0.1, 0.15) is 5.82 Å².